The molecule has 1 aliphatic rings. The van der Waals surface area contributed by atoms with Crippen LogP contribution in [0.5, 0.6) is 0 Å². The van der Waals surface area contributed by atoms with E-state index in [4.69, 9.17) is 0 Å². The topological polar surface area (TPSA) is 23.1 Å². The largest absolute Gasteiger partial charge is 0.606 e. The Morgan fingerprint density at radius 2 is 1.38 bits per heavy atom. The third-order valence-electron chi connectivity index (χ3n) is 4.89. The normalized spacial score (nSPS) is 15.9. The molecule has 0 fully saturated rings. The minimum absolute atomic E-state index is 0.00188. The summed E-state index contributed by atoms with van der Waals surface area (Å²) in [5.41, 5.74) is -4.84. The first kappa shape index (κ1) is 21.7. The number of halogens is 7. The molecule has 29 heavy (non-hydrogen) atoms. The van der Waals surface area contributed by atoms with Crippen molar-refractivity contribution in [2.24, 2.45) is 0 Å². The molecule has 2 aromatic rings. The molecule has 0 radical (unpaired) electrons. The van der Waals surface area contributed by atoms with Crippen molar-refractivity contribution < 1.29 is 35.3 Å². The lowest BCUT2D eigenvalue weighted by molar-refractivity contribution is -0.348. The number of fused-ring (bicyclic) bond motifs is 1. The molecule has 2 aromatic carbocycles. The van der Waals surface area contributed by atoms with Crippen LogP contribution in [0.1, 0.15) is 28.7 Å². The molecule has 9 heteroatoms. The van der Waals surface area contributed by atoms with Gasteiger partial charge in [0.05, 0.1) is 0 Å². The second kappa shape index (κ2) is 7.36. The molecule has 0 N–H and O–H groups in total. The van der Waals surface area contributed by atoms with Crippen LogP contribution in [0.3, 0.4) is 0 Å². The summed E-state index contributed by atoms with van der Waals surface area (Å²) in [5.74, 6) is 0. The van der Waals surface area contributed by atoms with Crippen LogP contribution in [-0.4, -0.2) is 16.9 Å². The lowest BCUT2D eigenvalue weighted by atomic mass is 9.93. The molecule has 0 spiro atoms. The lowest BCUT2D eigenvalue weighted by Gasteiger charge is -2.30. The van der Waals surface area contributed by atoms with Gasteiger partial charge in [-0.05, 0) is 61.2 Å². The van der Waals surface area contributed by atoms with Crippen LogP contribution in [0.4, 0.5) is 30.7 Å². The molecular formula is C20H15F7OS. The molecule has 0 heterocycles. The fourth-order valence-electron chi connectivity index (χ4n) is 3.29. The number of alkyl halides is 7. The van der Waals surface area contributed by atoms with E-state index in [1.54, 1.807) is 12.1 Å². The summed E-state index contributed by atoms with van der Waals surface area (Å²) in [6.07, 6.45) is -9.62. The van der Waals surface area contributed by atoms with Crippen LogP contribution in [0.2, 0.25) is 0 Å². The van der Waals surface area contributed by atoms with E-state index in [2.05, 4.69) is 6.58 Å². The SMILES string of the molecule is C=C(c1ccc(C(F)(C(F)(F)F)C(F)(F)F)cc1)[S+]([O-])c1ccc2c(c1)CCC2. The Bertz CT molecular complexity index is 902. The van der Waals surface area contributed by atoms with Crippen molar-refractivity contribution in [3.8, 4) is 0 Å². The first-order valence-corrected chi connectivity index (χ1v) is 9.67. The Kier molecular flexibility index (Phi) is 5.51. The van der Waals surface area contributed by atoms with Crippen molar-refractivity contribution in [3.63, 3.8) is 0 Å². The third-order valence-corrected chi connectivity index (χ3v) is 6.26. The number of benzene rings is 2. The van der Waals surface area contributed by atoms with Gasteiger partial charge in [0.1, 0.15) is 0 Å². The summed E-state index contributed by atoms with van der Waals surface area (Å²) >= 11 is -1.77. The predicted molar refractivity (Wildman–Crippen MR) is 95.2 cm³/mol. The number of rotatable bonds is 4. The molecule has 1 unspecified atom stereocenters. The third kappa shape index (κ3) is 3.77. The Balaban J connectivity index is 1.88. The molecule has 156 valence electrons. The van der Waals surface area contributed by atoms with E-state index in [1.807, 2.05) is 6.07 Å². The summed E-state index contributed by atoms with van der Waals surface area (Å²) in [7, 11) is 0. The fraction of sp³-hybridized carbons (Fsp3) is 0.300. The van der Waals surface area contributed by atoms with Crippen LogP contribution < -0.4 is 0 Å². The van der Waals surface area contributed by atoms with Gasteiger partial charge in [0.15, 0.2) is 9.80 Å². The summed E-state index contributed by atoms with van der Waals surface area (Å²) in [4.78, 5) is 0.433. The fourth-order valence-corrected chi connectivity index (χ4v) is 4.36. The number of aryl methyl sites for hydroxylation is 2. The standard InChI is InChI=1S/C20H15F7OS/c1-12(29(28)17-10-7-14-3-2-4-15(14)11-17)13-5-8-16(9-6-13)18(21,19(22,23)24)20(25,26)27/h5-11H,1-4H2. The maximum absolute atomic E-state index is 14.1. The second-order valence-corrected chi connectivity index (χ2v) is 8.21. The van der Waals surface area contributed by atoms with Crippen LogP contribution in [0.15, 0.2) is 53.9 Å². The van der Waals surface area contributed by atoms with Gasteiger partial charge in [0.25, 0.3) is 0 Å². The molecule has 0 bridgehead atoms. The average molecular weight is 436 g/mol. The summed E-state index contributed by atoms with van der Waals surface area (Å²) < 4.78 is 104. The first-order chi connectivity index (χ1) is 13.4. The molecule has 1 aliphatic carbocycles. The Hall–Kier alpha value is -2.00. The first-order valence-electron chi connectivity index (χ1n) is 8.52. The maximum atomic E-state index is 14.1. The van der Waals surface area contributed by atoms with Gasteiger partial charge in [0, 0.05) is 22.3 Å². The van der Waals surface area contributed by atoms with Gasteiger partial charge in [0.2, 0.25) is 0 Å². The number of hydrogen-bond acceptors (Lipinski definition) is 1. The Labute approximate surface area is 165 Å². The van der Waals surface area contributed by atoms with Gasteiger partial charge in [-0.25, -0.2) is 4.39 Å². The van der Waals surface area contributed by atoms with Crippen molar-refractivity contribution in [1.29, 1.82) is 0 Å². The molecule has 1 atom stereocenters. The zero-order chi connectivity index (χ0) is 21.6. The van der Waals surface area contributed by atoms with E-state index in [1.165, 1.54) is 0 Å². The predicted octanol–water partition coefficient (Wildman–Crippen LogP) is 6.24. The number of hydrogen-bond donors (Lipinski definition) is 0. The minimum Gasteiger partial charge on any atom is -0.606 e. The Morgan fingerprint density at radius 3 is 1.93 bits per heavy atom. The molecule has 0 aliphatic heterocycles. The van der Waals surface area contributed by atoms with Gasteiger partial charge >= 0.3 is 18.0 Å². The molecule has 0 saturated heterocycles. The zero-order valence-corrected chi connectivity index (χ0v) is 15.6. The summed E-state index contributed by atoms with van der Waals surface area (Å²) in [6.45, 7) is 3.65. The quantitative estimate of drug-likeness (QED) is 0.411. The molecule has 3 rings (SSSR count). The van der Waals surface area contributed by atoms with Crippen LogP contribution >= 0.6 is 0 Å². The smallest absolute Gasteiger partial charge is 0.435 e. The molecule has 0 saturated carbocycles. The van der Waals surface area contributed by atoms with Gasteiger partial charge in [-0.15, -0.1) is 0 Å². The highest BCUT2D eigenvalue weighted by Crippen LogP contribution is 2.53. The van der Waals surface area contributed by atoms with Crippen molar-refractivity contribution >= 4 is 16.1 Å². The maximum Gasteiger partial charge on any atom is 0.435 e. The highest BCUT2D eigenvalue weighted by molar-refractivity contribution is 8.00. The van der Waals surface area contributed by atoms with E-state index in [0.717, 1.165) is 42.5 Å². The zero-order valence-electron chi connectivity index (χ0n) is 14.8. The summed E-state index contributed by atoms with van der Waals surface area (Å²) in [5, 5.41) is 0. The second-order valence-electron chi connectivity index (χ2n) is 6.71. The van der Waals surface area contributed by atoms with Crippen LogP contribution in [0.25, 0.3) is 4.91 Å². The molecule has 1 nitrogen and oxygen atoms in total. The molecule has 0 amide bonds. The van der Waals surface area contributed by atoms with Crippen molar-refractivity contribution in [3.05, 3.63) is 71.3 Å². The highest BCUT2D eigenvalue weighted by Gasteiger charge is 2.73. The van der Waals surface area contributed by atoms with E-state index in [-0.39, 0.29) is 10.5 Å². The van der Waals surface area contributed by atoms with Gasteiger partial charge < -0.3 is 4.55 Å². The Morgan fingerprint density at radius 1 is 0.828 bits per heavy atom. The van der Waals surface area contributed by atoms with E-state index >= 15 is 0 Å². The van der Waals surface area contributed by atoms with Gasteiger partial charge in [-0.2, -0.15) is 26.3 Å². The van der Waals surface area contributed by atoms with E-state index < -0.39 is 34.8 Å². The van der Waals surface area contributed by atoms with Crippen molar-refractivity contribution in [2.45, 2.75) is 42.2 Å². The van der Waals surface area contributed by atoms with Gasteiger partial charge in [-0.1, -0.05) is 18.2 Å². The van der Waals surface area contributed by atoms with Crippen molar-refractivity contribution in [2.75, 3.05) is 0 Å². The average Bonchev–Trinajstić information content (AvgIpc) is 3.12. The van der Waals surface area contributed by atoms with Gasteiger partial charge in [-0.3, -0.25) is 0 Å². The summed E-state index contributed by atoms with van der Waals surface area (Å²) in [6, 6.07) is 7.75. The lowest BCUT2D eigenvalue weighted by Crippen LogP contribution is -2.50. The van der Waals surface area contributed by atoms with E-state index in [9.17, 15) is 35.3 Å². The highest BCUT2D eigenvalue weighted by atomic mass is 32.2. The van der Waals surface area contributed by atoms with E-state index in [0.29, 0.717) is 17.0 Å². The molecular weight excluding hydrogens is 421 g/mol. The molecule has 0 aromatic heterocycles. The minimum atomic E-state index is -6.18. The monoisotopic (exact) mass is 436 g/mol. The van der Waals surface area contributed by atoms with Crippen LogP contribution in [-0.2, 0) is 29.7 Å². The van der Waals surface area contributed by atoms with Crippen LogP contribution in [0, 0.1) is 0 Å². The van der Waals surface area contributed by atoms with Crippen molar-refractivity contribution in [1.82, 2.24) is 0 Å².